The van der Waals surface area contributed by atoms with Crippen molar-refractivity contribution in [3.63, 3.8) is 0 Å². The van der Waals surface area contributed by atoms with Gasteiger partial charge in [0.2, 0.25) is 0 Å². The number of carbonyl (C=O) groups is 2. The topological polar surface area (TPSA) is 55.4 Å². The number of hydrogen-bond acceptors (Lipinski definition) is 3. The van der Waals surface area contributed by atoms with Crippen LogP contribution in [0, 0.1) is 0 Å². The molecule has 120 valence electrons. The van der Waals surface area contributed by atoms with E-state index < -0.39 is 5.97 Å². The third-order valence-corrected chi connectivity index (χ3v) is 3.81. The first kappa shape index (κ1) is 17.5. The lowest BCUT2D eigenvalue weighted by molar-refractivity contribution is -0.147. The molecule has 0 saturated carbocycles. The molecule has 0 saturated heterocycles. The minimum Gasteiger partial charge on any atom is -0.455 e. The molecule has 0 aromatic heterocycles. The number of halogens is 2. The van der Waals surface area contributed by atoms with Crippen LogP contribution in [0.15, 0.2) is 53.0 Å². The molecule has 0 aliphatic carbocycles. The van der Waals surface area contributed by atoms with Gasteiger partial charge < -0.3 is 10.1 Å². The van der Waals surface area contributed by atoms with Gasteiger partial charge in [-0.2, -0.15) is 0 Å². The summed E-state index contributed by atoms with van der Waals surface area (Å²) in [5.41, 5.74) is 1.75. The number of benzene rings is 2. The lowest BCUT2D eigenvalue weighted by Gasteiger charge is -2.07. The van der Waals surface area contributed by atoms with E-state index in [2.05, 4.69) is 21.2 Å². The van der Waals surface area contributed by atoms with E-state index in [1.54, 1.807) is 12.1 Å². The second kappa shape index (κ2) is 8.70. The van der Waals surface area contributed by atoms with Crippen LogP contribution in [0.2, 0.25) is 5.02 Å². The fraction of sp³-hybridized carbons (Fsp3) is 0.176. The van der Waals surface area contributed by atoms with E-state index in [9.17, 15) is 9.59 Å². The summed E-state index contributed by atoms with van der Waals surface area (Å²) in [5.74, 6) is -0.780. The van der Waals surface area contributed by atoms with Crippen LogP contribution in [0.4, 0.5) is 0 Å². The maximum Gasteiger partial charge on any atom is 0.310 e. The quantitative estimate of drug-likeness (QED) is 0.760. The first-order valence-electron chi connectivity index (χ1n) is 6.94. The average Bonchev–Trinajstić information content (AvgIpc) is 2.54. The minimum atomic E-state index is -0.436. The number of amides is 1. The molecule has 0 unspecified atom stereocenters. The molecule has 4 nitrogen and oxygen atoms in total. The van der Waals surface area contributed by atoms with Crippen molar-refractivity contribution in [1.82, 2.24) is 5.32 Å². The molecule has 0 aliphatic rings. The Labute approximate surface area is 147 Å². The van der Waals surface area contributed by atoms with E-state index in [0.29, 0.717) is 11.6 Å². The van der Waals surface area contributed by atoms with Crippen LogP contribution in [0.5, 0.6) is 0 Å². The van der Waals surface area contributed by atoms with E-state index in [1.807, 2.05) is 36.4 Å². The molecule has 0 aliphatic heterocycles. The van der Waals surface area contributed by atoms with E-state index >= 15 is 0 Å². The van der Waals surface area contributed by atoms with Crippen LogP contribution < -0.4 is 5.32 Å². The Morgan fingerprint density at radius 2 is 1.61 bits per heavy atom. The highest BCUT2D eigenvalue weighted by atomic mass is 79.9. The average molecular weight is 397 g/mol. The molecular formula is C17H15BrClNO3. The molecular weight excluding hydrogens is 382 g/mol. The molecule has 0 spiro atoms. The fourth-order valence-electron chi connectivity index (χ4n) is 1.82. The van der Waals surface area contributed by atoms with E-state index in [1.165, 1.54) is 0 Å². The number of nitrogens with one attached hydrogen (secondary N) is 1. The number of rotatable bonds is 6. The van der Waals surface area contributed by atoms with E-state index in [0.717, 1.165) is 15.6 Å². The summed E-state index contributed by atoms with van der Waals surface area (Å²) >= 11 is 9.11. The van der Waals surface area contributed by atoms with Crippen molar-refractivity contribution in [3.8, 4) is 0 Å². The van der Waals surface area contributed by atoms with Crippen molar-refractivity contribution in [2.24, 2.45) is 0 Å². The first-order valence-corrected chi connectivity index (χ1v) is 8.11. The standard InChI is InChI=1S/C17H15BrClNO3/c18-14-5-1-12(2-6-14)9-17(22)23-11-16(21)20-10-13-3-7-15(19)8-4-13/h1-8H,9-11H2,(H,20,21). The maximum absolute atomic E-state index is 11.7. The molecule has 1 N–H and O–H groups in total. The van der Waals surface area contributed by atoms with Crippen molar-refractivity contribution < 1.29 is 14.3 Å². The van der Waals surface area contributed by atoms with E-state index in [-0.39, 0.29) is 18.9 Å². The zero-order chi connectivity index (χ0) is 16.7. The summed E-state index contributed by atoms with van der Waals surface area (Å²) in [6, 6.07) is 14.5. The smallest absolute Gasteiger partial charge is 0.310 e. The predicted molar refractivity (Wildman–Crippen MR) is 92.1 cm³/mol. The Hall–Kier alpha value is -1.85. The van der Waals surface area contributed by atoms with Gasteiger partial charge in [-0.15, -0.1) is 0 Å². The first-order chi connectivity index (χ1) is 11.0. The van der Waals surface area contributed by atoms with Gasteiger partial charge in [0.05, 0.1) is 6.42 Å². The molecule has 6 heteroatoms. The van der Waals surface area contributed by atoms with Crippen molar-refractivity contribution in [2.45, 2.75) is 13.0 Å². The molecule has 0 heterocycles. The van der Waals surface area contributed by atoms with Crippen molar-refractivity contribution in [1.29, 1.82) is 0 Å². The van der Waals surface area contributed by atoms with Crippen molar-refractivity contribution in [3.05, 3.63) is 69.2 Å². The van der Waals surface area contributed by atoms with Gasteiger partial charge in [0.1, 0.15) is 0 Å². The number of hydrogen-bond donors (Lipinski definition) is 1. The second-order valence-corrected chi connectivity index (χ2v) is 6.22. The Bertz CT molecular complexity index is 671. The highest BCUT2D eigenvalue weighted by Crippen LogP contribution is 2.11. The molecule has 2 rings (SSSR count). The van der Waals surface area contributed by atoms with Crippen molar-refractivity contribution in [2.75, 3.05) is 6.61 Å². The Kier molecular flexibility index (Phi) is 6.62. The Morgan fingerprint density at radius 3 is 2.26 bits per heavy atom. The third-order valence-electron chi connectivity index (χ3n) is 3.03. The number of carbonyl (C=O) groups excluding carboxylic acids is 2. The summed E-state index contributed by atoms with van der Waals surface area (Å²) in [6.45, 7) is 0.0726. The monoisotopic (exact) mass is 395 g/mol. The SMILES string of the molecule is O=C(COC(=O)Cc1ccc(Br)cc1)NCc1ccc(Cl)cc1. The Morgan fingerprint density at radius 1 is 1.00 bits per heavy atom. The van der Waals surface area contributed by atoms with Gasteiger partial charge in [0.15, 0.2) is 6.61 Å². The fourth-order valence-corrected chi connectivity index (χ4v) is 2.21. The normalized spacial score (nSPS) is 10.2. The number of ether oxygens (including phenoxy) is 1. The summed E-state index contributed by atoms with van der Waals surface area (Å²) in [6.07, 6.45) is 0.137. The Balaban J connectivity index is 1.70. The molecule has 0 fully saturated rings. The number of esters is 1. The van der Waals surface area contributed by atoms with Crippen LogP contribution >= 0.6 is 27.5 Å². The maximum atomic E-state index is 11.7. The molecule has 0 radical (unpaired) electrons. The predicted octanol–water partition coefficient (Wildman–Crippen LogP) is 3.50. The summed E-state index contributed by atoms with van der Waals surface area (Å²) in [4.78, 5) is 23.3. The van der Waals surface area contributed by atoms with Crippen LogP contribution in [0.25, 0.3) is 0 Å². The lowest BCUT2D eigenvalue weighted by Crippen LogP contribution is -2.28. The van der Waals surface area contributed by atoms with Crippen LogP contribution in [-0.4, -0.2) is 18.5 Å². The van der Waals surface area contributed by atoms with Crippen LogP contribution in [-0.2, 0) is 27.3 Å². The molecule has 0 bridgehead atoms. The molecule has 2 aromatic rings. The highest BCUT2D eigenvalue weighted by Gasteiger charge is 2.08. The minimum absolute atomic E-state index is 0.137. The van der Waals surface area contributed by atoms with Gasteiger partial charge in [-0.3, -0.25) is 9.59 Å². The van der Waals surface area contributed by atoms with Gasteiger partial charge in [-0.05, 0) is 35.4 Å². The van der Waals surface area contributed by atoms with Crippen LogP contribution in [0.1, 0.15) is 11.1 Å². The summed E-state index contributed by atoms with van der Waals surface area (Å²) in [5, 5.41) is 3.32. The van der Waals surface area contributed by atoms with Gasteiger partial charge in [0, 0.05) is 16.0 Å². The van der Waals surface area contributed by atoms with Crippen LogP contribution in [0.3, 0.4) is 0 Å². The summed E-state index contributed by atoms with van der Waals surface area (Å²) in [7, 11) is 0. The van der Waals surface area contributed by atoms with Gasteiger partial charge >= 0.3 is 5.97 Å². The zero-order valence-corrected chi connectivity index (χ0v) is 14.6. The van der Waals surface area contributed by atoms with E-state index in [4.69, 9.17) is 16.3 Å². The highest BCUT2D eigenvalue weighted by molar-refractivity contribution is 9.10. The lowest BCUT2D eigenvalue weighted by atomic mass is 10.2. The van der Waals surface area contributed by atoms with Gasteiger partial charge in [0.25, 0.3) is 5.91 Å². The molecule has 23 heavy (non-hydrogen) atoms. The zero-order valence-electron chi connectivity index (χ0n) is 12.2. The third kappa shape index (κ3) is 6.42. The van der Waals surface area contributed by atoms with Gasteiger partial charge in [-0.25, -0.2) is 0 Å². The summed E-state index contributed by atoms with van der Waals surface area (Å²) < 4.78 is 5.90. The van der Waals surface area contributed by atoms with Gasteiger partial charge in [-0.1, -0.05) is 51.8 Å². The molecule has 0 atom stereocenters. The molecule has 1 amide bonds. The molecule has 2 aromatic carbocycles. The second-order valence-electron chi connectivity index (χ2n) is 4.87. The largest absolute Gasteiger partial charge is 0.455 e. The van der Waals surface area contributed by atoms with Crippen molar-refractivity contribution >= 4 is 39.4 Å².